The van der Waals surface area contributed by atoms with Crippen molar-refractivity contribution >= 4 is 5.82 Å². The molecule has 0 amide bonds. The standard InChI is InChI=1S/C13H14FN3O3/c1-19-10-4-2-3-9(5-10)7-20-13-15-6-11(14)12(17-13)16-8-18/h2-6,18H,7-8H2,1H3,(H,15,16,17). The molecule has 0 aliphatic carbocycles. The van der Waals surface area contributed by atoms with Crippen LogP contribution >= 0.6 is 0 Å². The van der Waals surface area contributed by atoms with Gasteiger partial charge in [-0.05, 0) is 17.7 Å². The van der Waals surface area contributed by atoms with Gasteiger partial charge in [0.2, 0.25) is 0 Å². The van der Waals surface area contributed by atoms with Gasteiger partial charge in [0.1, 0.15) is 19.1 Å². The predicted octanol–water partition coefficient (Wildman–Crippen LogP) is 1.56. The first kappa shape index (κ1) is 14.0. The molecule has 6 nitrogen and oxygen atoms in total. The van der Waals surface area contributed by atoms with Crippen LogP contribution in [0.15, 0.2) is 30.5 Å². The van der Waals surface area contributed by atoms with Gasteiger partial charge in [0.15, 0.2) is 11.6 Å². The number of anilines is 1. The Bertz CT molecular complexity index is 581. The maximum atomic E-state index is 13.2. The van der Waals surface area contributed by atoms with Crippen molar-refractivity contribution in [3.63, 3.8) is 0 Å². The third-order valence-electron chi connectivity index (χ3n) is 2.47. The monoisotopic (exact) mass is 279 g/mol. The van der Waals surface area contributed by atoms with E-state index >= 15 is 0 Å². The lowest BCUT2D eigenvalue weighted by Crippen LogP contribution is -2.07. The average molecular weight is 279 g/mol. The third kappa shape index (κ3) is 3.55. The van der Waals surface area contributed by atoms with Crippen molar-refractivity contribution in [2.45, 2.75) is 6.61 Å². The highest BCUT2D eigenvalue weighted by Crippen LogP contribution is 2.16. The average Bonchev–Trinajstić information content (AvgIpc) is 2.48. The fraction of sp³-hybridized carbons (Fsp3) is 0.231. The molecule has 0 spiro atoms. The van der Waals surface area contributed by atoms with Gasteiger partial charge in [-0.1, -0.05) is 12.1 Å². The molecular formula is C13H14FN3O3. The Kier molecular flexibility index (Phi) is 4.67. The van der Waals surface area contributed by atoms with Crippen LogP contribution in [0.5, 0.6) is 11.8 Å². The first-order valence-corrected chi connectivity index (χ1v) is 5.86. The molecule has 2 rings (SSSR count). The van der Waals surface area contributed by atoms with Gasteiger partial charge in [-0.3, -0.25) is 0 Å². The zero-order valence-electron chi connectivity index (χ0n) is 10.8. The summed E-state index contributed by atoms with van der Waals surface area (Å²) in [5, 5.41) is 11.1. The maximum absolute atomic E-state index is 13.2. The lowest BCUT2D eigenvalue weighted by atomic mass is 10.2. The molecule has 7 heteroatoms. The van der Waals surface area contributed by atoms with Crippen molar-refractivity contribution < 1.29 is 19.0 Å². The van der Waals surface area contributed by atoms with Crippen molar-refractivity contribution in [2.75, 3.05) is 19.2 Å². The minimum Gasteiger partial charge on any atom is -0.497 e. The minimum atomic E-state index is -0.659. The van der Waals surface area contributed by atoms with Gasteiger partial charge in [-0.25, -0.2) is 9.37 Å². The molecule has 0 fully saturated rings. The topological polar surface area (TPSA) is 76.5 Å². The molecule has 1 heterocycles. The summed E-state index contributed by atoms with van der Waals surface area (Å²) in [6.45, 7) is -0.204. The van der Waals surface area contributed by atoms with Gasteiger partial charge in [-0.2, -0.15) is 4.98 Å². The fourth-order valence-electron chi connectivity index (χ4n) is 1.53. The van der Waals surface area contributed by atoms with Crippen LogP contribution in [0, 0.1) is 5.82 Å². The van der Waals surface area contributed by atoms with Gasteiger partial charge >= 0.3 is 6.01 Å². The predicted molar refractivity (Wildman–Crippen MR) is 70.0 cm³/mol. The van der Waals surface area contributed by atoms with Crippen LogP contribution in [0.25, 0.3) is 0 Å². The molecule has 0 unspecified atom stereocenters. The van der Waals surface area contributed by atoms with Crippen molar-refractivity contribution in [3.05, 3.63) is 41.8 Å². The number of hydrogen-bond acceptors (Lipinski definition) is 6. The van der Waals surface area contributed by atoms with Gasteiger partial charge < -0.3 is 19.9 Å². The Morgan fingerprint density at radius 1 is 1.40 bits per heavy atom. The first-order chi connectivity index (χ1) is 9.72. The Morgan fingerprint density at radius 2 is 2.25 bits per heavy atom. The highest BCUT2D eigenvalue weighted by atomic mass is 19.1. The quantitative estimate of drug-likeness (QED) is 0.782. The molecule has 2 N–H and O–H groups in total. The molecule has 1 aromatic heterocycles. The summed E-state index contributed by atoms with van der Waals surface area (Å²) in [4.78, 5) is 7.53. The number of aliphatic hydroxyl groups is 1. The number of ether oxygens (including phenoxy) is 2. The highest BCUT2D eigenvalue weighted by Gasteiger charge is 2.07. The van der Waals surface area contributed by atoms with Gasteiger partial charge in [0, 0.05) is 0 Å². The normalized spacial score (nSPS) is 10.2. The molecule has 1 aromatic carbocycles. The van der Waals surface area contributed by atoms with Crippen LogP contribution in [0.4, 0.5) is 10.2 Å². The molecule has 0 saturated heterocycles. The number of aromatic nitrogens is 2. The van der Waals surface area contributed by atoms with Crippen molar-refractivity contribution in [2.24, 2.45) is 0 Å². The second kappa shape index (κ2) is 6.67. The fourth-order valence-corrected chi connectivity index (χ4v) is 1.53. The van der Waals surface area contributed by atoms with E-state index in [9.17, 15) is 4.39 Å². The largest absolute Gasteiger partial charge is 0.497 e. The lowest BCUT2D eigenvalue weighted by Gasteiger charge is -2.08. The highest BCUT2D eigenvalue weighted by molar-refractivity contribution is 5.35. The Labute approximate surface area is 115 Å². The first-order valence-electron chi connectivity index (χ1n) is 5.86. The maximum Gasteiger partial charge on any atom is 0.318 e. The smallest absolute Gasteiger partial charge is 0.318 e. The van der Waals surface area contributed by atoms with E-state index in [4.69, 9.17) is 14.6 Å². The van der Waals surface area contributed by atoms with Crippen molar-refractivity contribution in [3.8, 4) is 11.8 Å². The van der Waals surface area contributed by atoms with Gasteiger partial charge in [-0.15, -0.1) is 0 Å². The summed E-state index contributed by atoms with van der Waals surface area (Å²) in [7, 11) is 1.58. The van der Waals surface area contributed by atoms with E-state index in [1.807, 2.05) is 24.3 Å². The second-order valence-corrected chi connectivity index (χ2v) is 3.82. The molecule has 0 atom stereocenters. The number of benzene rings is 1. The van der Waals surface area contributed by atoms with E-state index in [2.05, 4.69) is 15.3 Å². The number of nitrogens with one attached hydrogen (secondary N) is 1. The van der Waals surface area contributed by atoms with E-state index in [1.165, 1.54) is 0 Å². The second-order valence-electron chi connectivity index (χ2n) is 3.82. The summed E-state index contributed by atoms with van der Waals surface area (Å²) in [6.07, 6.45) is 0.978. The van der Waals surface area contributed by atoms with E-state index in [-0.39, 0.29) is 18.4 Å². The molecule has 106 valence electrons. The molecule has 0 aliphatic heterocycles. The van der Waals surface area contributed by atoms with Crippen molar-refractivity contribution in [1.29, 1.82) is 0 Å². The molecular weight excluding hydrogens is 265 g/mol. The summed E-state index contributed by atoms with van der Waals surface area (Å²) < 4.78 is 23.7. The zero-order chi connectivity index (χ0) is 14.4. The van der Waals surface area contributed by atoms with E-state index in [1.54, 1.807) is 7.11 Å². The van der Waals surface area contributed by atoms with Crippen LogP contribution in [0.2, 0.25) is 0 Å². The molecule has 0 bridgehead atoms. The number of aliphatic hydroxyl groups excluding tert-OH is 1. The van der Waals surface area contributed by atoms with Gasteiger partial charge in [0.05, 0.1) is 13.3 Å². The lowest BCUT2D eigenvalue weighted by molar-refractivity contribution is 0.278. The molecule has 0 aliphatic rings. The molecule has 0 radical (unpaired) electrons. The van der Waals surface area contributed by atoms with Crippen LogP contribution in [-0.4, -0.2) is 28.9 Å². The SMILES string of the molecule is COc1cccc(COc2ncc(F)c(NCO)n2)c1. The number of rotatable bonds is 6. The number of hydrogen-bond donors (Lipinski definition) is 2. The summed E-state index contributed by atoms with van der Waals surface area (Å²) in [6, 6.07) is 7.35. The summed E-state index contributed by atoms with van der Waals surface area (Å²) in [5.41, 5.74) is 0.869. The van der Waals surface area contributed by atoms with Crippen LogP contribution < -0.4 is 14.8 Å². The van der Waals surface area contributed by atoms with Crippen LogP contribution in [0.1, 0.15) is 5.56 Å². The summed E-state index contributed by atoms with van der Waals surface area (Å²) in [5.74, 6) is -0.0512. The molecule has 0 saturated carbocycles. The van der Waals surface area contributed by atoms with Crippen LogP contribution in [-0.2, 0) is 6.61 Å². The van der Waals surface area contributed by atoms with Crippen LogP contribution in [0.3, 0.4) is 0 Å². The number of halogens is 1. The molecule has 20 heavy (non-hydrogen) atoms. The van der Waals surface area contributed by atoms with E-state index < -0.39 is 12.5 Å². The van der Waals surface area contributed by atoms with Crippen molar-refractivity contribution in [1.82, 2.24) is 9.97 Å². The number of nitrogens with zero attached hydrogens (tertiary/aromatic N) is 2. The Morgan fingerprint density at radius 3 is 3.00 bits per heavy atom. The minimum absolute atomic E-state index is 0.0187. The summed E-state index contributed by atoms with van der Waals surface area (Å²) >= 11 is 0. The Hall–Kier alpha value is -2.41. The van der Waals surface area contributed by atoms with E-state index in [0.717, 1.165) is 11.8 Å². The third-order valence-corrected chi connectivity index (χ3v) is 2.47. The zero-order valence-corrected chi connectivity index (χ0v) is 10.8. The number of methoxy groups -OCH3 is 1. The van der Waals surface area contributed by atoms with E-state index in [0.29, 0.717) is 5.75 Å². The van der Waals surface area contributed by atoms with Gasteiger partial charge in [0.25, 0.3) is 0 Å². The Balaban J connectivity index is 2.04. The molecule has 2 aromatic rings.